The Bertz CT molecular complexity index is 1060. The molecule has 4 rings (SSSR count). The van der Waals surface area contributed by atoms with Crippen LogP contribution in [0.15, 0.2) is 52.3 Å². The number of fused-ring (bicyclic) bond motifs is 2. The Morgan fingerprint density at radius 3 is 2.57 bits per heavy atom. The first kappa shape index (κ1) is 19.3. The number of nitrogens with zero attached hydrogens (tertiary/aromatic N) is 2. The Kier molecular flexibility index (Phi) is 4.50. The largest absolute Gasteiger partial charge is 0.309 e. The van der Waals surface area contributed by atoms with Gasteiger partial charge in [-0.2, -0.15) is 0 Å². The summed E-state index contributed by atoms with van der Waals surface area (Å²) in [5.74, 6) is -0.0226. The first-order valence-electron chi connectivity index (χ1n) is 9.34. The molecular formula is C21H24N2O3S2. The zero-order chi connectivity index (χ0) is 20.3. The number of rotatable bonds is 2. The summed E-state index contributed by atoms with van der Waals surface area (Å²) in [5, 5.41) is 0. The lowest BCUT2D eigenvalue weighted by Gasteiger charge is -2.39. The van der Waals surface area contributed by atoms with E-state index in [1.54, 1.807) is 41.8 Å². The van der Waals surface area contributed by atoms with Crippen LogP contribution < -0.4 is 9.21 Å². The van der Waals surface area contributed by atoms with Crippen LogP contribution in [0.2, 0.25) is 0 Å². The second kappa shape index (κ2) is 6.52. The molecule has 0 saturated carbocycles. The fourth-order valence-electron chi connectivity index (χ4n) is 4.10. The molecule has 0 radical (unpaired) electrons. The van der Waals surface area contributed by atoms with Gasteiger partial charge in [-0.05, 0) is 63.1 Å². The van der Waals surface area contributed by atoms with Crippen LogP contribution in [0.3, 0.4) is 0 Å². The molecule has 0 saturated heterocycles. The van der Waals surface area contributed by atoms with E-state index in [0.29, 0.717) is 13.0 Å². The SMILES string of the molecule is CC(=O)N1c2ccc(S(=O)(=O)N3CC(C)(C)Sc4ccccc43)cc2C[C@@H]1C. The van der Waals surface area contributed by atoms with Gasteiger partial charge in [0, 0.05) is 34.8 Å². The molecule has 2 aliphatic rings. The van der Waals surface area contributed by atoms with E-state index in [9.17, 15) is 13.2 Å². The molecular weight excluding hydrogens is 392 g/mol. The summed E-state index contributed by atoms with van der Waals surface area (Å²) in [6, 6.07) is 12.8. The van der Waals surface area contributed by atoms with E-state index in [1.807, 2.05) is 31.2 Å². The molecule has 5 nitrogen and oxygen atoms in total. The van der Waals surface area contributed by atoms with E-state index in [4.69, 9.17) is 0 Å². The summed E-state index contributed by atoms with van der Waals surface area (Å²) >= 11 is 1.70. The number of benzene rings is 2. The van der Waals surface area contributed by atoms with Crippen molar-refractivity contribution in [1.82, 2.24) is 0 Å². The maximum atomic E-state index is 13.6. The summed E-state index contributed by atoms with van der Waals surface area (Å²) in [4.78, 5) is 14.9. The van der Waals surface area contributed by atoms with Crippen LogP contribution in [0, 0.1) is 0 Å². The Labute approximate surface area is 170 Å². The number of thioether (sulfide) groups is 1. The summed E-state index contributed by atoms with van der Waals surface area (Å²) in [7, 11) is -3.71. The van der Waals surface area contributed by atoms with Crippen molar-refractivity contribution in [2.24, 2.45) is 0 Å². The smallest absolute Gasteiger partial charge is 0.264 e. The number of amides is 1. The zero-order valence-electron chi connectivity index (χ0n) is 16.5. The number of anilines is 2. The maximum Gasteiger partial charge on any atom is 0.264 e. The molecule has 2 aliphatic heterocycles. The van der Waals surface area contributed by atoms with Crippen molar-refractivity contribution in [1.29, 1.82) is 0 Å². The minimum absolute atomic E-state index is 0.0226. The van der Waals surface area contributed by atoms with Gasteiger partial charge >= 0.3 is 0 Å². The van der Waals surface area contributed by atoms with E-state index in [-0.39, 0.29) is 21.6 Å². The predicted molar refractivity (Wildman–Crippen MR) is 114 cm³/mol. The van der Waals surface area contributed by atoms with E-state index in [2.05, 4.69) is 13.8 Å². The number of hydrogen-bond acceptors (Lipinski definition) is 4. The molecule has 0 aliphatic carbocycles. The van der Waals surface area contributed by atoms with Crippen molar-refractivity contribution in [2.45, 2.75) is 54.7 Å². The summed E-state index contributed by atoms with van der Waals surface area (Å²) in [6.07, 6.45) is 0.663. The monoisotopic (exact) mass is 416 g/mol. The highest BCUT2D eigenvalue weighted by Crippen LogP contribution is 2.46. The van der Waals surface area contributed by atoms with Gasteiger partial charge in [-0.15, -0.1) is 11.8 Å². The fourth-order valence-corrected chi connectivity index (χ4v) is 7.15. The molecule has 2 aromatic rings. The first-order chi connectivity index (χ1) is 13.1. The molecule has 0 spiro atoms. The second-order valence-corrected chi connectivity index (χ2v) is 11.7. The molecule has 2 heterocycles. The van der Waals surface area contributed by atoms with Crippen LogP contribution in [0.25, 0.3) is 0 Å². The molecule has 0 fully saturated rings. The molecule has 0 N–H and O–H groups in total. The lowest BCUT2D eigenvalue weighted by Crippen LogP contribution is -2.43. The lowest BCUT2D eigenvalue weighted by molar-refractivity contribution is -0.116. The molecule has 0 unspecified atom stereocenters. The van der Waals surface area contributed by atoms with Crippen LogP contribution in [0.4, 0.5) is 11.4 Å². The van der Waals surface area contributed by atoms with Gasteiger partial charge in [0.1, 0.15) is 0 Å². The van der Waals surface area contributed by atoms with E-state index in [0.717, 1.165) is 21.8 Å². The third kappa shape index (κ3) is 3.10. The summed E-state index contributed by atoms with van der Waals surface area (Å²) in [5.41, 5.74) is 2.45. The Morgan fingerprint density at radius 2 is 1.86 bits per heavy atom. The van der Waals surface area contributed by atoms with Gasteiger partial charge < -0.3 is 4.90 Å². The van der Waals surface area contributed by atoms with Crippen molar-refractivity contribution in [2.75, 3.05) is 15.7 Å². The van der Waals surface area contributed by atoms with Crippen molar-refractivity contribution in [3.8, 4) is 0 Å². The highest BCUT2D eigenvalue weighted by molar-refractivity contribution is 8.01. The average Bonchev–Trinajstić information content (AvgIpc) is 2.95. The number of sulfonamides is 1. The molecule has 1 amide bonds. The van der Waals surface area contributed by atoms with Crippen molar-refractivity contribution < 1.29 is 13.2 Å². The van der Waals surface area contributed by atoms with Gasteiger partial charge in [0.25, 0.3) is 10.0 Å². The van der Waals surface area contributed by atoms with Gasteiger partial charge in [0.2, 0.25) is 5.91 Å². The van der Waals surface area contributed by atoms with Gasteiger partial charge in [0.05, 0.1) is 10.6 Å². The third-order valence-electron chi connectivity index (χ3n) is 5.24. The number of para-hydroxylation sites is 1. The molecule has 1 atom stereocenters. The topological polar surface area (TPSA) is 57.7 Å². The first-order valence-corrected chi connectivity index (χ1v) is 11.6. The van der Waals surface area contributed by atoms with Crippen molar-refractivity contribution >= 4 is 39.1 Å². The zero-order valence-corrected chi connectivity index (χ0v) is 18.1. The minimum atomic E-state index is -3.71. The Hall–Kier alpha value is -1.99. The minimum Gasteiger partial charge on any atom is -0.309 e. The van der Waals surface area contributed by atoms with E-state index < -0.39 is 10.0 Å². The van der Waals surface area contributed by atoms with Gasteiger partial charge in [-0.25, -0.2) is 8.42 Å². The van der Waals surface area contributed by atoms with Crippen LogP contribution in [0.1, 0.15) is 33.3 Å². The molecule has 148 valence electrons. The predicted octanol–water partition coefficient (Wildman–Crippen LogP) is 4.06. The maximum absolute atomic E-state index is 13.6. The van der Waals surface area contributed by atoms with Gasteiger partial charge in [-0.1, -0.05) is 12.1 Å². The number of carbonyl (C=O) groups is 1. The molecule has 2 aromatic carbocycles. The van der Waals surface area contributed by atoms with Crippen LogP contribution in [-0.4, -0.2) is 31.7 Å². The Morgan fingerprint density at radius 1 is 1.14 bits per heavy atom. The molecule has 7 heteroatoms. The standard InChI is InChI=1S/C21H24N2O3S2/c1-14-11-16-12-17(9-10-18(16)23(14)15(2)24)28(25,26)22-13-21(3,4)27-20-8-6-5-7-19(20)22/h5-10,12,14H,11,13H2,1-4H3/t14-/m0/s1. The highest BCUT2D eigenvalue weighted by Gasteiger charge is 2.38. The van der Waals surface area contributed by atoms with Crippen molar-refractivity contribution in [3.63, 3.8) is 0 Å². The molecule has 0 aromatic heterocycles. The number of carbonyl (C=O) groups excluding carboxylic acids is 1. The summed E-state index contributed by atoms with van der Waals surface area (Å²) < 4.78 is 28.4. The fraction of sp³-hybridized carbons (Fsp3) is 0.381. The average molecular weight is 417 g/mol. The normalized spacial score (nSPS) is 20.6. The van der Waals surface area contributed by atoms with Gasteiger partial charge in [-0.3, -0.25) is 9.10 Å². The van der Waals surface area contributed by atoms with Gasteiger partial charge in [0.15, 0.2) is 0 Å². The number of hydrogen-bond donors (Lipinski definition) is 0. The van der Waals surface area contributed by atoms with Crippen LogP contribution >= 0.6 is 11.8 Å². The van der Waals surface area contributed by atoms with Crippen molar-refractivity contribution in [3.05, 3.63) is 48.0 Å². The molecule has 0 bridgehead atoms. The Balaban J connectivity index is 1.78. The highest BCUT2D eigenvalue weighted by atomic mass is 32.2. The lowest BCUT2D eigenvalue weighted by atomic mass is 10.1. The third-order valence-corrected chi connectivity index (χ3v) is 8.24. The second-order valence-electron chi connectivity index (χ2n) is 8.07. The molecule has 28 heavy (non-hydrogen) atoms. The van der Waals surface area contributed by atoms with Crippen LogP contribution in [0.5, 0.6) is 0 Å². The van der Waals surface area contributed by atoms with Crippen LogP contribution in [-0.2, 0) is 21.2 Å². The van der Waals surface area contributed by atoms with E-state index in [1.165, 1.54) is 4.31 Å². The quantitative estimate of drug-likeness (QED) is 0.741. The van der Waals surface area contributed by atoms with E-state index >= 15 is 0 Å². The summed E-state index contributed by atoms with van der Waals surface area (Å²) in [6.45, 7) is 8.05.